The first kappa shape index (κ1) is 25.7. The Labute approximate surface area is 188 Å². The predicted octanol–water partition coefficient (Wildman–Crippen LogP) is -3.52. The van der Waals surface area contributed by atoms with Crippen LogP contribution in [-0.4, -0.2) is 123 Å². The van der Waals surface area contributed by atoms with E-state index in [0.717, 1.165) is 0 Å². The minimum Gasteiger partial charge on any atom is -0.465 e. The van der Waals surface area contributed by atoms with Gasteiger partial charge in [-0.25, -0.2) is 4.79 Å². The van der Waals surface area contributed by atoms with Gasteiger partial charge in [0.15, 0.2) is 6.29 Å². The van der Waals surface area contributed by atoms with E-state index in [-0.39, 0.29) is 11.3 Å². The quantitative estimate of drug-likeness (QED) is 0.191. The monoisotopic (exact) mass is 476 g/mol. The molecule has 2 aliphatic heterocycles. The van der Waals surface area contributed by atoms with E-state index < -0.39 is 80.6 Å². The maximum absolute atomic E-state index is 11.5. The molecule has 13 nitrogen and oxygen atoms in total. The van der Waals surface area contributed by atoms with Crippen LogP contribution in [0.1, 0.15) is 10.4 Å². The van der Waals surface area contributed by atoms with Crippen LogP contribution < -0.4 is 4.74 Å². The van der Waals surface area contributed by atoms with Crippen LogP contribution in [0.15, 0.2) is 24.3 Å². The van der Waals surface area contributed by atoms with Gasteiger partial charge in [-0.1, -0.05) is 0 Å². The Kier molecular flexibility index (Phi) is 8.58. The number of ether oxygens (including phenoxy) is 5. The van der Waals surface area contributed by atoms with Crippen molar-refractivity contribution in [3.63, 3.8) is 0 Å². The number of aliphatic hydroxyl groups is 7. The molecule has 0 aliphatic carbocycles. The molecule has 7 N–H and O–H groups in total. The predicted molar refractivity (Wildman–Crippen MR) is 105 cm³/mol. The molecular formula is C20H28O13. The van der Waals surface area contributed by atoms with E-state index in [4.69, 9.17) is 18.9 Å². The standard InChI is InChI=1S/C20H28O13/c1-29-18(28)8-2-4-9(5-3-8)30-19-16(27)14(25)17(11(7-22)32-19)33-20-15(26)13(24)12(23)10(6-21)31-20/h2-5,10-17,19-27H,6-7H2,1H3/t10-,11-,12+,13+,14-,15-,16-,17+,19-,20-/m1/s1. The van der Waals surface area contributed by atoms with E-state index in [1.165, 1.54) is 31.4 Å². The second kappa shape index (κ2) is 11.0. The molecule has 186 valence electrons. The molecule has 3 rings (SSSR count). The van der Waals surface area contributed by atoms with Gasteiger partial charge in [0.25, 0.3) is 0 Å². The molecule has 13 heteroatoms. The number of benzene rings is 1. The van der Waals surface area contributed by atoms with Gasteiger partial charge in [-0.2, -0.15) is 0 Å². The second-order valence-electron chi connectivity index (χ2n) is 7.64. The normalized spacial score (nSPS) is 39.2. The molecule has 0 spiro atoms. The van der Waals surface area contributed by atoms with Crippen molar-refractivity contribution < 1.29 is 64.2 Å². The molecule has 2 aliphatic rings. The highest BCUT2D eigenvalue weighted by atomic mass is 16.7. The highest BCUT2D eigenvalue weighted by Crippen LogP contribution is 2.30. The number of hydrogen-bond donors (Lipinski definition) is 7. The molecule has 0 unspecified atom stereocenters. The van der Waals surface area contributed by atoms with Gasteiger partial charge in [0.1, 0.15) is 54.6 Å². The van der Waals surface area contributed by atoms with E-state index in [9.17, 15) is 40.5 Å². The molecule has 10 atom stereocenters. The SMILES string of the molecule is COC(=O)c1ccc(O[C@@H]2O[C@H](CO)[C@H](O[C@H]3O[C@H](CO)[C@H](O)[C@H](O)[C@H]3O)[C@H](O)[C@H]2O)cc1. The fourth-order valence-electron chi connectivity index (χ4n) is 3.57. The fraction of sp³-hybridized carbons (Fsp3) is 0.650. The molecule has 2 heterocycles. The number of carbonyl (C=O) groups is 1. The summed E-state index contributed by atoms with van der Waals surface area (Å²) in [5.74, 6) is -0.372. The number of aliphatic hydroxyl groups excluding tert-OH is 7. The summed E-state index contributed by atoms with van der Waals surface area (Å²) in [6.07, 6.45) is -15.5. The summed E-state index contributed by atoms with van der Waals surface area (Å²) < 4.78 is 26.4. The first-order valence-electron chi connectivity index (χ1n) is 10.1. The molecule has 0 aromatic heterocycles. The van der Waals surface area contributed by atoms with Gasteiger partial charge in [0.05, 0.1) is 25.9 Å². The lowest BCUT2D eigenvalue weighted by atomic mass is 9.97. The van der Waals surface area contributed by atoms with Crippen LogP contribution in [0.25, 0.3) is 0 Å². The Balaban J connectivity index is 1.69. The Morgan fingerprint density at radius 1 is 0.818 bits per heavy atom. The maximum atomic E-state index is 11.5. The summed E-state index contributed by atoms with van der Waals surface area (Å²) in [4.78, 5) is 11.5. The van der Waals surface area contributed by atoms with Gasteiger partial charge in [-0.15, -0.1) is 0 Å². The van der Waals surface area contributed by atoms with Gasteiger partial charge in [-0.05, 0) is 24.3 Å². The number of esters is 1. The zero-order valence-electron chi connectivity index (χ0n) is 17.6. The molecule has 1 aromatic carbocycles. The third-order valence-electron chi connectivity index (χ3n) is 5.49. The minimum atomic E-state index is -1.76. The second-order valence-corrected chi connectivity index (χ2v) is 7.64. The molecule has 0 amide bonds. The lowest BCUT2D eigenvalue weighted by molar-refractivity contribution is -0.352. The highest BCUT2D eigenvalue weighted by Gasteiger charge is 2.51. The van der Waals surface area contributed by atoms with Crippen LogP contribution >= 0.6 is 0 Å². The van der Waals surface area contributed by atoms with Gasteiger partial charge in [0, 0.05) is 0 Å². The van der Waals surface area contributed by atoms with Crippen LogP contribution in [0.5, 0.6) is 5.75 Å². The van der Waals surface area contributed by atoms with E-state index >= 15 is 0 Å². The van der Waals surface area contributed by atoms with Crippen molar-refractivity contribution in [3.8, 4) is 5.75 Å². The number of rotatable bonds is 7. The van der Waals surface area contributed by atoms with Crippen LogP contribution in [0.3, 0.4) is 0 Å². The molecule has 0 radical (unpaired) electrons. The summed E-state index contributed by atoms with van der Waals surface area (Å²) in [6.45, 7) is -1.38. The van der Waals surface area contributed by atoms with Gasteiger partial charge in [-0.3, -0.25) is 0 Å². The molecule has 0 saturated carbocycles. The average Bonchev–Trinajstić information content (AvgIpc) is 2.83. The molecular weight excluding hydrogens is 448 g/mol. The van der Waals surface area contributed by atoms with Gasteiger partial charge in [0.2, 0.25) is 6.29 Å². The lowest BCUT2D eigenvalue weighted by Crippen LogP contribution is -2.65. The summed E-state index contributed by atoms with van der Waals surface area (Å²) >= 11 is 0. The largest absolute Gasteiger partial charge is 0.465 e. The smallest absolute Gasteiger partial charge is 0.337 e. The first-order valence-corrected chi connectivity index (χ1v) is 10.1. The van der Waals surface area contributed by atoms with Crippen LogP contribution in [0.4, 0.5) is 0 Å². The highest BCUT2D eigenvalue weighted by molar-refractivity contribution is 5.89. The third-order valence-corrected chi connectivity index (χ3v) is 5.49. The fourth-order valence-corrected chi connectivity index (χ4v) is 3.57. The molecule has 33 heavy (non-hydrogen) atoms. The van der Waals surface area contributed by atoms with Crippen LogP contribution in [0.2, 0.25) is 0 Å². The Morgan fingerprint density at radius 2 is 1.39 bits per heavy atom. The number of methoxy groups -OCH3 is 1. The van der Waals surface area contributed by atoms with E-state index in [1.807, 2.05) is 0 Å². The molecule has 2 fully saturated rings. The zero-order valence-corrected chi connectivity index (χ0v) is 17.6. The zero-order chi connectivity index (χ0) is 24.3. The van der Waals surface area contributed by atoms with Crippen molar-refractivity contribution in [2.45, 2.75) is 61.4 Å². The van der Waals surface area contributed by atoms with Gasteiger partial charge < -0.3 is 59.4 Å². The maximum Gasteiger partial charge on any atom is 0.337 e. The summed E-state index contributed by atoms with van der Waals surface area (Å²) in [5, 5.41) is 70.0. The molecule has 0 bridgehead atoms. The van der Waals surface area contributed by atoms with Crippen LogP contribution in [0, 0.1) is 0 Å². The van der Waals surface area contributed by atoms with Crippen molar-refractivity contribution in [1.29, 1.82) is 0 Å². The molecule has 2 saturated heterocycles. The number of hydrogen-bond acceptors (Lipinski definition) is 13. The Hall–Kier alpha value is -1.91. The van der Waals surface area contributed by atoms with E-state index in [0.29, 0.717) is 0 Å². The van der Waals surface area contributed by atoms with Crippen molar-refractivity contribution in [2.24, 2.45) is 0 Å². The van der Waals surface area contributed by atoms with Crippen molar-refractivity contribution in [2.75, 3.05) is 20.3 Å². The topological polar surface area (TPSA) is 205 Å². The van der Waals surface area contributed by atoms with Crippen molar-refractivity contribution in [1.82, 2.24) is 0 Å². The van der Waals surface area contributed by atoms with Crippen molar-refractivity contribution >= 4 is 5.97 Å². The lowest BCUT2D eigenvalue weighted by Gasteiger charge is -2.45. The number of carbonyl (C=O) groups excluding carboxylic acids is 1. The summed E-state index contributed by atoms with van der Waals surface area (Å²) in [6, 6.07) is 5.67. The summed E-state index contributed by atoms with van der Waals surface area (Å²) in [5.41, 5.74) is 0.260. The Bertz CT molecular complexity index is 770. The van der Waals surface area contributed by atoms with E-state index in [1.54, 1.807) is 0 Å². The van der Waals surface area contributed by atoms with E-state index in [2.05, 4.69) is 4.74 Å². The average molecular weight is 476 g/mol. The van der Waals surface area contributed by atoms with Crippen molar-refractivity contribution in [3.05, 3.63) is 29.8 Å². The van der Waals surface area contributed by atoms with Gasteiger partial charge >= 0.3 is 5.97 Å². The minimum absolute atomic E-state index is 0.184. The molecule has 1 aromatic rings. The summed E-state index contributed by atoms with van der Waals surface area (Å²) in [7, 11) is 1.23. The third kappa shape index (κ3) is 5.44. The Morgan fingerprint density at radius 3 is 1.97 bits per heavy atom. The van der Waals surface area contributed by atoms with Crippen LogP contribution in [-0.2, 0) is 18.9 Å². The first-order chi connectivity index (χ1) is 15.7.